The van der Waals surface area contributed by atoms with Gasteiger partial charge in [-0.05, 0) is 94.5 Å². The number of anilines is 3. The van der Waals surface area contributed by atoms with E-state index in [1.54, 1.807) is 0 Å². The molecular weight excluding hydrogens is 751 g/mol. The average Bonchev–Trinajstić information content (AvgIpc) is 3.89. The van der Waals surface area contributed by atoms with Gasteiger partial charge in [-0.2, -0.15) is 0 Å². The van der Waals surface area contributed by atoms with Gasteiger partial charge in [0.2, 0.25) is 0 Å². The molecular formula is C59H41N3. The van der Waals surface area contributed by atoms with Crippen molar-refractivity contribution in [3.8, 4) is 56.0 Å². The van der Waals surface area contributed by atoms with Crippen LogP contribution in [0.5, 0.6) is 0 Å². The Kier molecular flexibility index (Phi) is 7.36. The number of hydrogen-bond donors (Lipinski definition) is 0. The topological polar surface area (TPSA) is 13.1 Å². The fraction of sp³-hybridized carbons (Fsp3) is 0.0508. The summed E-state index contributed by atoms with van der Waals surface area (Å²) in [6.07, 6.45) is 0. The van der Waals surface area contributed by atoms with E-state index in [4.69, 9.17) is 0 Å². The second kappa shape index (κ2) is 13.1. The van der Waals surface area contributed by atoms with Crippen molar-refractivity contribution >= 4 is 49.8 Å². The lowest BCUT2D eigenvalue weighted by Crippen LogP contribution is -2.16. The highest BCUT2D eigenvalue weighted by Crippen LogP contribution is 2.58. The lowest BCUT2D eigenvalue weighted by atomic mass is 9.81. The van der Waals surface area contributed by atoms with Gasteiger partial charge in [0.15, 0.2) is 0 Å². The molecule has 0 unspecified atom stereocenters. The third kappa shape index (κ3) is 4.82. The monoisotopic (exact) mass is 791 g/mol. The zero-order chi connectivity index (χ0) is 41.1. The summed E-state index contributed by atoms with van der Waals surface area (Å²) in [7, 11) is 0. The normalized spacial score (nSPS) is 13.4. The van der Waals surface area contributed by atoms with Gasteiger partial charge >= 0.3 is 0 Å². The molecule has 292 valence electrons. The van der Waals surface area contributed by atoms with Crippen molar-refractivity contribution in [1.29, 1.82) is 0 Å². The van der Waals surface area contributed by atoms with Crippen LogP contribution in [0.3, 0.4) is 0 Å². The predicted octanol–water partition coefficient (Wildman–Crippen LogP) is 15.8. The molecule has 0 saturated carbocycles. The Bertz CT molecular complexity index is 3550. The smallest absolute Gasteiger partial charge is 0.0641 e. The predicted molar refractivity (Wildman–Crippen MR) is 260 cm³/mol. The van der Waals surface area contributed by atoms with Crippen molar-refractivity contribution in [3.63, 3.8) is 0 Å². The number of rotatable bonds is 4. The van der Waals surface area contributed by atoms with E-state index in [1.807, 2.05) is 0 Å². The molecule has 62 heavy (non-hydrogen) atoms. The molecule has 2 aliphatic rings. The van der Waals surface area contributed by atoms with Gasteiger partial charge in [-0.15, -0.1) is 0 Å². The number of benzene rings is 9. The minimum absolute atomic E-state index is 0.236. The fourth-order valence-corrected chi connectivity index (χ4v) is 10.9. The zero-order valence-corrected chi connectivity index (χ0v) is 34.5. The number of aromatic nitrogens is 2. The van der Waals surface area contributed by atoms with Gasteiger partial charge in [-0.25, -0.2) is 0 Å². The molecule has 1 aliphatic heterocycles. The summed E-state index contributed by atoms with van der Waals surface area (Å²) in [6.45, 7) is 4.80. The SMILES string of the molecule is CC1(C)c2cc(-c3cccc4c3N(c3ccccc3)c3ccccc3-c3c-4n(-c4ccccc4)c4ccccc34)ccc2-c2ccc(-n3c4ccccc4c4ccccc43)cc21. The molecule has 0 atom stereocenters. The number of hydrogen-bond acceptors (Lipinski definition) is 1. The summed E-state index contributed by atoms with van der Waals surface area (Å²) in [5, 5.41) is 3.80. The molecule has 0 saturated heterocycles. The van der Waals surface area contributed by atoms with E-state index < -0.39 is 0 Å². The summed E-state index contributed by atoms with van der Waals surface area (Å²) in [5.74, 6) is 0. The highest BCUT2D eigenvalue weighted by Gasteiger charge is 2.38. The quantitative estimate of drug-likeness (QED) is 0.173. The largest absolute Gasteiger partial charge is 0.309 e. The molecule has 0 amide bonds. The van der Waals surface area contributed by atoms with E-state index in [9.17, 15) is 0 Å². The van der Waals surface area contributed by atoms with Crippen molar-refractivity contribution in [3.05, 3.63) is 223 Å². The Morgan fingerprint density at radius 1 is 0.355 bits per heavy atom. The van der Waals surface area contributed by atoms with Gasteiger partial charge < -0.3 is 14.0 Å². The van der Waals surface area contributed by atoms with Crippen LogP contribution in [0, 0.1) is 0 Å². The minimum atomic E-state index is -0.236. The van der Waals surface area contributed by atoms with E-state index in [0.717, 1.165) is 17.1 Å². The average molecular weight is 792 g/mol. The Morgan fingerprint density at radius 3 is 1.60 bits per heavy atom. The van der Waals surface area contributed by atoms with Crippen molar-refractivity contribution in [2.75, 3.05) is 4.90 Å². The van der Waals surface area contributed by atoms with Gasteiger partial charge in [0.25, 0.3) is 0 Å². The van der Waals surface area contributed by atoms with E-state index in [-0.39, 0.29) is 5.41 Å². The first-order chi connectivity index (χ1) is 30.6. The van der Waals surface area contributed by atoms with Gasteiger partial charge in [0, 0.05) is 60.9 Å². The van der Waals surface area contributed by atoms with Crippen LogP contribution in [0.1, 0.15) is 25.0 Å². The lowest BCUT2D eigenvalue weighted by molar-refractivity contribution is 0.660. The first-order valence-corrected chi connectivity index (χ1v) is 21.6. The molecule has 0 spiro atoms. The zero-order valence-electron chi connectivity index (χ0n) is 34.5. The number of para-hydroxylation sites is 7. The Labute approximate surface area is 361 Å². The van der Waals surface area contributed by atoms with Crippen LogP contribution >= 0.6 is 0 Å². The molecule has 13 rings (SSSR count). The van der Waals surface area contributed by atoms with Crippen LogP contribution < -0.4 is 4.90 Å². The highest BCUT2D eigenvalue weighted by molar-refractivity contribution is 6.15. The van der Waals surface area contributed by atoms with Crippen LogP contribution in [0.15, 0.2) is 212 Å². The van der Waals surface area contributed by atoms with Crippen LogP contribution in [-0.4, -0.2) is 9.13 Å². The molecule has 0 radical (unpaired) electrons. The first kappa shape index (κ1) is 34.9. The van der Waals surface area contributed by atoms with E-state index in [1.165, 1.54) is 99.8 Å². The first-order valence-electron chi connectivity index (χ1n) is 21.6. The summed E-state index contributed by atoms with van der Waals surface area (Å²) in [4.78, 5) is 2.51. The van der Waals surface area contributed by atoms with E-state index in [0.29, 0.717) is 0 Å². The Morgan fingerprint density at radius 2 is 0.887 bits per heavy atom. The van der Waals surface area contributed by atoms with Crippen molar-refractivity contribution in [2.24, 2.45) is 0 Å². The van der Waals surface area contributed by atoms with Crippen LogP contribution in [-0.2, 0) is 5.41 Å². The maximum atomic E-state index is 2.51. The van der Waals surface area contributed by atoms with Gasteiger partial charge in [0.1, 0.15) is 0 Å². The molecule has 9 aromatic carbocycles. The molecule has 3 nitrogen and oxygen atoms in total. The fourth-order valence-electron chi connectivity index (χ4n) is 10.9. The standard InChI is InChI=1S/C59H41N3/c1-59(2)50-36-38(32-34-43(50)44-35-33-41(37-51(44)59)60-52-28-13-9-22-45(52)46-23-10-14-29-53(46)60)42-26-17-27-49-57(42)61(39-18-5-3-6-19-39)54-30-15-11-24-47(54)56-48-25-12-16-31-55(48)62(58(49)56)40-20-7-4-8-21-40/h3-37H,1-2H3. The van der Waals surface area contributed by atoms with Crippen molar-refractivity contribution in [2.45, 2.75) is 19.3 Å². The maximum absolute atomic E-state index is 2.51. The lowest BCUT2D eigenvalue weighted by Gasteiger charge is -2.30. The van der Waals surface area contributed by atoms with Crippen LogP contribution in [0.2, 0.25) is 0 Å². The highest BCUT2D eigenvalue weighted by atomic mass is 15.2. The molecule has 3 heterocycles. The Hall–Kier alpha value is -7.88. The van der Waals surface area contributed by atoms with Gasteiger partial charge in [-0.3, -0.25) is 0 Å². The summed E-state index contributed by atoms with van der Waals surface area (Å²) >= 11 is 0. The molecule has 0 fully saturated rings. The number of fused-ring (bicyclic) bond motifs is 13. The van der Waals surface area contributed by atoms with Gasteiger partial charge in [0.05, 0.1) is 33.6 Å². The molecule has 3 heteroatoms. The molecule has 11 aromatic rings. The second-order valence-corrected chi connectivity index (χ2v) is 17.3. The molecule has 2 aromatic heterocycles. The van der Waals surface area contributed by atoms with Gasteiger partial charge in [-0.1, -0.05) is 159 Å². The minimum Gasteiger partial charge on any atom is -0.309 e. The second-order valence-electron chi connectivity index (χ2n) is 17.3. The third-order valence-corrected chi connectivity index (χ3v) is 13.6. The summed E-state index contributed by atoms with van der Waals surface area (Å²) in [5.41, 5.74) is 21.8. The molecule has 1 aliphatic carbocycles. The molecule has 0 N–H and O–H groups in total. The maximum Gasteiger partial charge on any atom is 0.0641 e. The van der Waals surface area contributed by atoms with Crippen molar-refractivity contribution < 1.29 is 0 Å². The summed E-state index contributed by atoms with van der Waals surface area (Å²) in [6, 6.07) is 78.4. The van der Waals surface area contributed by atoms with E-state index >= 15 is 0 Å². The molecule has 0 bridgehead atoms. The van der Waals surface area contributed by atoms with Crippen LogP contribution in [0.4, 0.5) is 17.1 Å². The third-order valence-electron chi connectivity index (χ3n) is 13.6. The number of nitrogens with zero attached hydrogens (tertiary/aromatic N) is 3. The van der Waals surface area contributed by atoms with Crippen molar-refractivity contribution in [1.82, 2.24) is 9.13 Å². The Balaban J connectivity index is 1.05. The van der Waals surface area contributed by atoms with E-state index in [2.05, 4.69) is 240 Å². The van der Waals surface area contributed by atoms with Crippen LogP contribution in [0.25, 0.3) is 88.7 Å². The summed E-state index contributed by atoms with van der Waals surface area (Å²) < 4.78 is 4.92.